The average molecular weight is 293 g/mol. The van der Waals surface area contributed by atoms with Gasteiger partial charge in [0.15, 0.2) is 0 Å². The summed E-state index contributed by atoms with van der Waals surface area (Å²) >= 11 is 5.78. The van der Waals surface area contributed by atoms with Crippen LogP contribution in [0.3, 0.4) is 0 Å². The minimum absolute atomic E-state index is 0.0129. The number of halogens is 1. The molecule has 20 heavy (non-hydrogen) atoms. The van der Waals surface area contributed by atoms with Crippen molar-refractivity contribution in [3.8, 4) is 5.75 Å². The van der Waals surface area contributed by atoms with Gasteiger partial charge in [-0.05, 0) is 30.3 Å². The second-order valence-electron chi connectivity index (χ2n) is 3.83. The molecule has 102 valence electrons. The van der Waals surface area contributed by atoms with Crippen LogP contribution in [0.25, 0.3) is 0 Å². The molecule has 0 spiro atoms. The summed E-state index contributed by atoms with van der Waals surface area (Å²) in [5.41, 5.74) is 0.0412. The Kier molecular flexibility index (Phi) is 3.86. The highest BCUT2D eigenvalue weighted by molar-refractivity contribution is 6.33. The van der Waals surface area contributed by atoms with E-state index in [1.165, 1.54) is 30.5 Å². The van der Waals surface area contributed by atoms with Crippen molar-refractivity contribution in [2.24, 2.45) is 0 Å². The normalized spacial score (nSPS) is 10.1. The number of aromatic hydroxyl groups is 1. The minimum Gasteiger partial charge on any atom is -0.506 e. The predicted molar refractivity (Wildman–Crippen MR) is 72.3 cm³/mol. The lowest BCUT2D eigenvalue weighted by Crippen LogP contribution is -2.13. The Morgan fingerprint density at radius 1 is 1.25 bits per heavy atom. The Morgan fingerprint density at radius 3 is 2.65 bits per heavy atom. The highest BCUT2D eigenvalue weighted by Gasteiger charge is 2.14. The summed E-state index contributed by atoms with van der Waals surface area (Å²) in [7, 11) is 0. The number of nitrogens with one attached hydrogen (secondary N) is 1. The number of benzene rings is 1. The Labute approximate surface area is 118 Å². The van der Waals surface area contributed by atoms with Gasteiger partial charge in [-0.25, -0.2) is 9.78 Å². The molecule has 7 heteroatoms. The van der Waals surface area contributed by atoms with E-state index < -0.39 is 11.9 Å². The third-order valence-electron chi connectivity index (χ3n) is 2.50. The first-order chi connectivity index (χ1) is 9.49. The molecular formula is C13H9ClN2O4. The number of carbonyl (C=O) groups excluding carboxylic acids is 1. The van der Waals surface area contributed by atoms with Gasteiger partial charge in [-0.15, -0.1) is 0 Å². The predicted octanol–water partition coefficient (Wildman–Crippen LogP) is 2.39. The number of anilines is 1. The summed E-state index contributed by atoms with van der Waals surface area (Å²) in [6, 6.07) is 6.56. The van der Waals surface area contributed by atoms with Crippen molar-refractivity contribution < 1.29 is 19.8 Å². The van der Waals surface area contributed by atoms with Crippen LogP contribution in [-0.2, 0) is 0 Å². The molecule has 6 nitrogen and oxygen atoms in total. The quantitative estimate of drug-likeness (QED) is 0.596. The van der Waals surface area contributed by atoms with Gasteiger partial charge in [0, 0.05) is 6.20 Å². The van der Waals surface area contributed by atoms with Crippen molar-refractivity contribution >= 4 is 29.2 Å². The SMILES string of the molecule is O=C(O)c1ccc(O)c(NC(=O)c2cccnc2Cl)c1. The molecule has 3 N–H and O–H groups in total. The van der Waals surface area contributed by atoms with Crippen LogP contribution >= 0.6 is 11.6 Å². The third kappa shape index (κ3) is 2.86. The van der Waals surface area contributed by atoms with Crippen LogP contribution in [0, 0.1) is 0 Å². The van der Waals surface area contributed by atoms with Crippen molar-refractivity contribution in [2.45, 2.75) is 0 Å². The van der Waals surface area contributed by atoms with Gasteiger partial charge >= 0.3 is 5.97 Å². The van der Waals surface area contributed by atoms with E-state index in [4.69, 9.17) is 16.7 Å². The summed E-state index contributed by atoms with van der Waals surface area (Å²) in [6.07, 6.45) is 1.43. The molecule has 0 atom stereocenters. The lowest BCUT2D eigenvalue weighted by atomic mass is 10.1. The zero-order chi connectivity index (χ0) is 14.7. The average Bonchev–Trinajstić information content (AvgIpc) is 2.41. The first-order valence-electron chi connectivity index (χ1n) is 5.47. The van der Waals surface area contributed by atoms with Crippen LogP contribution in [0.1, 0.15) is 20.7 Å². The fourth-order valence-corrected chi connectivity index (χ4v) is 1.72. The molecule has 1 aromatic heterocycles. The Balaban J connectivity index is 2.30. The summed E-state index contributed by atoms with van der Waals surface area (Å²) in [6.45, 7) is 0. The number of hydrogen-bond donors (Lipinski definition) is 3. The maximum Gasteiger partial charge on any atom is 0.335 e. The molecule has 0 bridgehead atoms. The number of aromatic carboxylic acids is 1. The fraction of sp³-hybridized carbons (Fsp3) is 0. The van der Waals surface area contributed by atoms with Crippen LogP contribution in [0.15, 0.2) is 36.5 Å². The molecule has 0 aliphatic carbocycles. The second-order valence-corrected chi connectivity index (χ2v) is 4.19. The van der Waals surface area contributed by atoms with Crippen molar-refractivity contribution in [1.29, 1.82) is 0 Å². The van der Waals surface area contributed by atoms with Crippen LogP contribution in [0.2, 0.25) is 5.15 Å². The molecule has 2 rings (SSSR count). The zero-order valence-electron chi connectivity index (χ0n) is 10.0. The molecule has 1 aromatic carbocycles. The number of amides is 1. The lowest BCUT2D eigenvalue weighted by Gasteiger charge is -2.08. The van der Waals surface area contributed by atoms with Gasteiger partial charge < -0.3 is 15.5 Å². The number of rotatable bonds is 3. The number of phenols is 1. The Hall–Kier alpha value is -2.60. The highest BCUT2D eigenvalue weighted by atomic mass is 35.5. The zero-order valence-corrected chi connectivity index (χ0v) is 10.8. The van der Waals surface area contributed by atoms with E-state index in [9.17, 15) is 14.7 Å². The van der Waals surface area contributed by atoms with E-state index in [-0.39, 0.29) is 27.7 Å². The number of nitrogens with zero attached hydrogens (tertiary/aromatic N) is 1. The highest BCUT2D eigenvalue weighted by Crippen LogP contribution is 2.25. The summed E-state index contributed by atoms with van der Waals surface area (Å²) in [4.78, 5) is 26.6. The molecular weight excluding hydrogens is 284 g/mol. The van der Waals surface area contributed by atoms with Crippen LogP contribution in [0.5, 0.6) is 5.75 Å². The monoisotopic (exact) mass is 292 g/mol. The van der Waals surface area contributed by atoms with Crippen LogP contribution < -0.4 is 5.32 Å². The molecule has 0 radical (unpaired) electrons. The van der Waals surface area contributed by atoms with Crippen molar-refractivity contribution in [1.82, 2.24) is 4.98 Å². The molecule has 0 fully saturated rings. The third-order valence-corrected chi connectivity index (χ3v) is 2.80. The number of carboxylic acid groups (broad SMARTS) is 1. The smallest absolute Gasteiger partial charge is 0.335 e. The molecule has 0 saturated carbocycles. The van der Waals surface area contributed by atoms with Gasteiger partial charge in [-0.2, -0.15) is 0 Å². The molecule has 0 unspecified atom stereocenters. The van der Waals surface area contributed by atoms with E-state index in [1.807, 2.05) is 0 Å². The van der Waals surface area contributed by atoms with Crippen molar-refractivity contribution in [3.05, 3.63) is 52.8 Å². The molecule has 1 amide bonds. The maximum atomic E-state index is 12.0. The number of pyridine rings is 1. The number of phenolic OH excluding ortho intramolecular Hbond substituents is 1. The first kappa shape index (κ1) is 13.8. The molecule has 2 aromatic rings. The Bertz CT molecular complexity index is 688. The van der Waals surface area contributed by atoms with Crippen molar-refractivity contribution in [2.75, 3.05) is 5.32 Å². The van der Waals surface area contributed by atoms with Crippen LogP contribution in [0.4, 0.5) is 5.69 Å². The van der Waals surface area contributed by atoms with Gasteiger partial charge in [0.1, 0.15) is 10.9 Å². The van der Waals surface area contributed by atoms with E-state index in [0.717, 1.165) is 6.07 Å². The van der Waals surface area contributed by atoms with E-state index >= 15 is 0 Å². The van der Waals surface area contributed by atoms with Gasteiger partial charge in [-0.1, -0.05) is 11.6 Å². The van der Waals surface area contributed by atoms with E-state index in [1.54, 1.807) is 0 Å². The van der Waals surface area contributed by atoms with Crippen molar-refractivity contribution in [3.63, 3.8) is 0 Å². The number of aromatic nitrogens is 1. The van der Waals surface area contributed by atoms with Gasteiger partial charge in [-0.3, -0.25) is 4.79 Å². The number of hydrogen-bond acceptors (Lipinski definition) is 4. The topological polar surface area (TPSA) is 99.5 Å². The fourth-order valence-electron chi connectivity index (χ4n) is 1.51. The Morgan fingerprint density at radius 2 is 2.00 bits per heavy atom. The number of carbonyl (C=O) groups is 2. The second kappa shape index (κ2) is 5.58. The number of carboxylic acids is 1. The minimum atomic E-state index is -1.17. The van der Waals surface area contributed by atoms with Gasteiger partial charge in [0.25, 0.3) is 5.91 Å². The van der Waals surface area contributed by atoms with Gasteiger partial charge in [0.2, 0.25) is 0 Å². The van der Waals surface area contributed by atoms with Gasteiger partial charge in [0.05, 0.1) is 16.8 Å². The maximum absolute atomic E-state index is 12.0. The van der Waals surface area contributed by atoms with Crippen LogP contribution in [-0.4, -0.2) is 27.1 Å². The summed E-state index contributed by atoms with van der Waals surface area (Å²) < 4.78 is 0. The molecule has 0 aliphatic heterocycles. The standard InChI is InChI=1S/C13H9ClN2O4/c14-11-8(2-1-5-15-11)12(18)16-9-6-7(13(19)20)3-4-10(9)17/h1-6,17H,(H,16,18)(H,19,20). The van der Waals surface area contributed by atoms with E-state index in [0.29, 0.717) is 0 Å². The largest absolute Gasteiger partial charge is 0.506 e. The molecule has 1 heterocycles. The summed E-state index contributed by atoms with van der Waals surface area (Å²) in [5, 5.41) is 20.9. The van der Waals surface area contributed by atoms with E-state index in [2.05, 4.69) is 10.3 Å². The molecule has 0 aliphatic rings. The first-order valence-corrected chi connectivity index (χ1v) is 5.85. The molecule has 0 saturated heterocycles. The lowest BCUT2D eigenvalue weighted by molar-refractivity contribution is 0.0696. The summed E-state index contributed by atoms with van der Waals surface area (Å²) in [5.74, 6) is -2.01.